The molecule has 14 heavy (non-hydrogen) atoms. The van der Waals surface area contributed by atoms with Crippen molar-refractivity contribution in [2.24, 2.45) is 12.8 Å². The molecule has 74 valence electrons. The highest BCUT2D eigenvalue weighted by Gasteiger charge is 2.09. The van der Waals surface area contributed by atoms with Gasteiger partial charge in [0.1, 0.15) is 5.82 Å². The first-order valence-electron chi connectivity index (χ1n) is 4.26. The van der Waals surface area contributed by atoms with Gasteiger partial charge in [-0.2, -0.15) is 0 Å². The van der Waals surface area contributed by atoms with Crippen molar-refractivity contribution in [1.29, 1.82) is 0 Å². The Hall–Kier alpha value is -1.06. The summed E-state index contributed by atoms with van der Waals surface area (Å²) in [7, 11) is 1.86. The highest BCUT2D eigenvalue weighted by atomic mass is 35.5. The Kier molecular flexibility index (Phi) is 2.21. The molecular formula is C10H10ClFN2. The number of nitrogens with zero attached hydrogens (tertiary/aromatic N) is 1. The van der Waals surface area contributed by atoms with Gasteiger partial charge in [0, 0.05) is 25.2 Å². The van der Waals surface area contributed by atoms with Gasteiger partial charge in [0.05, 0.1) is 10.5 Å². The lowest BCUT2D eigenvalue weighted by Crippen LogP contribution is -1.94. The first kappa shape index (κ1) is 9.49. The van der Waals surface area contributed by atoms with Crippen LogP contribution in [0.15, 0.2) is 18.3 Å². The summed E-state index contributed by atoms with van der Waals surface area (Å²) in [5.74, 6) is -0.399. The molecule has 0 radical (unpaired) electrons. The maximum Gasteiger partial charge on any atom is 0.143 e. The van der Waals surface area contributed by atoms with Gasteiger partial charge in [0.2, 0.25) is 0 Å². The van der Waals surface area contributed by atoms with E-state index in [1.165, 1.54) is 6.07 Å². The number of hydrogen-bond acceptors (Lipinski definition) is 1. The van der Waals surface area contributed by atoms with E-state index in [2.05, 4.69) is 0 Å². The fourth-order valence-electron chi connectivity index (χ4n) is 1.62. The number of fused-ring (bicyclic) bond motifs is 1. The second-order valence-corrected chi connectivity index (χ2v) is 3.66. The SMILES string of the molecule is Cn1cc(CN)c2cc(Cl)c(F)cc21. The van der Waals surface area contributed by atoms with Crippen LogP contribution < -0.4 is 5.73 Å². The zero-order valence-corrected chi connectivity index (χ0v) is 8.48. The van der Waals surface area contributed by atoms with Crippen molar-refractivity contribution in [2.75, 3.05) is 0 Å². The van der Waals surface area contributed by atoms with Crippen molar-refractivity contribution in [3.8, 4) is 0 Å². The smallest absolute Gasteiger partial charge is 0.143 e. The Balaban J connectivity index is 2.84. The summed E-state index contributed by atoms with van der Waals surface area (Å²) in [6, 6.07) is 3.05. The number of benzene rings is 1. The molecule has 0 saturated heterocycles. The molecule has 0 bridgehead atoms. The molecule has 0 saturated carbocycles. The van der Waals surface area contributed by atoms with Crippen LogP contribution in [0.1, 0.15) is 5.56 Å². The van der Waals surface area contributed by atoms with E-state index < -0.39 is 5.82 Å². The fraction of sp³-hybridized carbons (Fsp3) is 0.200. The third-order valence-corrected chi connectivity index (χ3v) is 2.62. The molecule has 4 heteroatoms. The molecule has 0 amide bonds. The predicted octanol–water partition coefficient (Wildman–Crippen LogP) is 2.43. The molecule has 0 aliphatic carbocycles. The standard InChI is InChI=1S/C10H10ClFN2/c1-14-5-6(4-13)7-2-8(11)9(12)3-10(7)14/h2-3,5H,4,13H2,1H3. The first-order chi connectivity index (χ1) is 6.63. The van der Waals surface area contributed by atoms with E-state index in [-0.39, 0.29) is 5.02 Å². The van der Waals surface area contributed by atoms with Crippen molar-refractivity contribution in [2.45, 2.75) is 6.54 Å². The van der Waals surface area contributed by atoms with Crippen molar-refractivity contribution in [1.82, 2.24) is 4.57 Å². The molecule has 0 unspecified atom stereocenters. The minimum Gasteiger partial charge on any atom is -0.350 e. The minimum absolute atomic E-state index is 0.137. The summed E-state index contributed by atoms with van der Waals surface area (Å²) in [6.45, 7) is 0.430. The van der Waals surface area contributed by atoms with Gasteiger partial charge in [-0.25, -0.2) is 4.39 Å². The summed E-state index contributed by atoms with van der Waals surface area (Å²) in [4.78, 5) is 0. The van der Waals surface area contributed by atoms with Crippen LogP contribution in [0.25, 0.3) is 10.9 Å². The van der Waals surface area contributed by atoms with Crippen LogP contribution >= 0.6 is 11.6 Å². The molecule has 2 aromatic rings. The predicted molar refractivity (Wildman–Crippen MR) is 55.8 cm³/mol. The van der Waals surface area contributed by atoms with Crippen molar-refractivity contribution in [3.63, 3.8) is 0 Å². The van der Waals surface area contributed by atoms with E-state index in [1.807, 2.05) is 17.8 Å². The number of aryl methyl sites for hydroxylation is 1. The van der Waals surface area contributed by atoms with Crippen LogP contribution in [0.2, 0.25) is 5.02 Å². The summed E-state index contributed by atoms with van der Waals surface area (Å²) in [6.07, 6.45) is 1.89. The lowest BCUT2D eigenvalue weighted by Gasteiger charge is -1.98. The van der Waals surface area contributed by atoms with Crippen LogP contribution in [0.4, 0.5) is 4.39 Å². The maximum atomic E-state index is 13.2. The topological polar surface area (TPSA) is 30.9 Å². The number of nitrogens with two attached hydrogens (primary N) is 1. The Morgan fingerprint density at radius 1 is 1.50 bits per heavy atom. The average molecular weight is 213 g/mol. The molecule has 0 atom stereocenters. The van der Waals surface area contributed by atoms with Crippen LogP contribution in [-0.4, -0.2) is 4.57 Å². The molecule has 2 nitrogen and oxygen atoms in total. The first-order valence-corrected chi connectivity index (χ1v) is 4.64. The van der Waals surface area contributed by atoms with Crippen LogP contribution in [0.5, 0.6) is 0 Å². The van der Waals surface area contributed by atoms with Gasteiger partial charge in [-0.3, -0.25) is 0 Å². The fourth-order valence-corrected chi connectivity index (χ4v) is 1.78. The Labute approximate surface area is 86.1 Å². The number of aromatic nitrogens is 1. The van der Waals surface area contributed by atoms with Gasteiger partial charge in [-0.15, -0.1) is 0 Å². The zero-order valence-electron chi connectivity index (χ0n) is 7.72. The molecule has 0 aliphatic rings. The van der Waals surface area contributed by atoms with E-state index in [4.69, 9.17) is 17.3 Å². The van der Waals surface area contributed by atoms with E-state index in [0.717, 1.165) is 16.5 Å². The van der Waals surface area contributed by atoms with Gasteiger partial charge in [0.15, 0.2) is 0 Å². The van der Waals surface area contributed by atoms with Gasteiger partial charge < -0.3 is 10.3 Å². The normalized spacial score (nSPS) is 11.1. The molecule has 1 heterocycles. The molecule has 0 fully saturated rings. The lowest BCUT2D eigenvalue weighted by molar-refractivity contribution is 0.629. The van der Waals surface area contributed by atoms with Crippen LogP contribution in [-0.2, 0) is 13.6 Å². The Morgan fingerprint density at radius 2 is 2.21 bits per heavy atom. The maximum absolute atomic E-state index is 13.2. The molecule has 0 aliphatic heterocycles. The number of rotatable bonds is 1. The van der Waals surface area contributed by atoms with Gasteiger partial charge >= 0.3 is 0 Å². The minimum atomic E-state index is -0.399. The Morgan fingerprint density at radius 3 is 2.86 bits per heavy atom. The second kappa shape index (κ2) is 3.26. The summed E-state index contributed by atoms with van der Waals surface area (Å²) < 4.78 is 15.0. The largest absolute Gasteiger partial charge is 0.350 e. The second-order valence-electron chi connectivity index (χ2n) is 3.25. The van der Waals surface area contributed by atoms with Crippen LogP contribution in [0.3, 0.4) is 0 Å². The summed E-state index contributed by atoms with van der Waals surface area (Å²) >= 11 is 5.70. The monoisotopic (exact) mass is 212 g/mol. The van der Waals surface area contributed by atoms with Crippen molar-refractivity contribution in [3.05, 3.63) is 34.7 Å². The van der Waals surface area contributed by atoms with E-state index >= 15 is 0 Å². The quantitative estimate of drug-likeness (QED) is 0.774. The molecular weight excluding hydrogens is 203 g/mol. The molecule has 1 aromatic heterocycles. The van der Waals surface area contributed by atoms with Crippen molar-refractivity contribution < 1.29 is 4.39 Å². The number of halogens is 2. The highest BCUT2D eigenvalue weighted by molar-refractivity contribution is 6.31. The van der Waals surface area contributed by atoms with Gasteiger partial charge in [-0.05, 0) is 17.7 Å². The highest BCUT2D eigenvalue weighted by Crippen LogP contribution is 2.26. The van der Waals surface area contributed by atoms with Gasteiger partial charge in [0.25, 0.3) is 0 Å². The third kappa shape index (κ3) is 1.29. The Bertz CT molecular complexity index is 490. The average Bonchev–Trinajstić information content (AvgIpc) is 2.45. The van der Waals surface area contributed by atoms with E-state index in [9.17, 15) is 4.39 Å². The molecule has 1 aromatic carbocycles. The molecule has 2 N–H and O–H groups in total. The number of hydrogen-bond donors (Lipinski definition) is 1. The molecule has 0 spiro atoms. The zero-order chi connectivity index (χ0) is 10.3. The lowest BCUT2D eigenvalue weighted by atomic mass is 10.2. The van der Waals surface area contributed by atoms with E-state index in [1.54, 1.807) is 6.07 Å². The summed E-state index contributed by atoms with van der Waals surface area (Å²) in [5, 5.41) is 1.06. The van der Waals surface area contributed by atoms with Gasteiger partial charge in [-0.1, -0.05) is 11.6 Å². The molecule has 2 rings (SSSR count). The summed E-state index contributed by atoms with van der Waals surface area (Å²) in [5.41, 5.74) is 7.36. The van der Waals surface area contributed by atoms with E-state index in [0.29, 0.717) is 6.54 Å². The third-order valence-electron chi connectivity index (χ3n) is 2.33. The van der Waals surface area contributed by atoms with Crippen molar-refractivity contribution >= 4 is 22.5 Å². The van der Waals surface area contributed by atoms with Crippen LogP contribution in [0, 0.1) is 5.82 Å².